The number of nitrogens with zero attached hydrogens (tertiary/aromatic N) is 4. The molecule has 2 aromatic carbocycles. The topological polar surface area (TPSA) is 85.2 Å². The van der Waals surface area contributed by atoms with Crippen LogP contribution in [0.5, 0.6) is 0 Å². The van der Waals surface area contributed by atoms with Crippen molar-refractivity contribution in [2.75, 3.05) is 13.1 Å². The number of carbonyl (C=O) groups excluding carboxylic acids is 1. The van der Waals surface area contributed by atoms with Crippen molar-refractivity contribution in [3.63, 3.8) is 0 Å². The minimum Gasteiger partial charge on any atom is -0.290 e. The molecule has 6 rings (SSSR count). The van der Waals surface area contributed by atoms with Gasteiger partial charge < -0.3 is 0 Å². The molecule has 1 fully saturated rings. The second-order valence-electron chi connectivity index (χ2n) is 9.08. The van der Waals surface area contributed by atoms with Gasteiger partial charge in [-0.05, 0) is 66.9 Å². The summed E-state index contributed by atoms with van der Waals surface area (Å²) >= 11 is 1.21. The van der Waals surface area contributed by atoms with Crippen molar-refractivity contribution in [2.45, 2.75) is 17.7 Å². The number of rotatable bonds is 5. The Kier molecular flexibility index (Phi) is 5.66. The maximum atomic E-state index is 14.0. The van der Waals surface area contributed by atoms with Gasteiger partial charge >= 0.3 is 0 Å². The van der Waals surface area contributed by atoms with Gasteiger partial charge in [-0.1, -0.05) is 11.6 Å². The molecule has 188 valence electrons. The Balaban J connectivity index is 1.44. The van der Waals surface area contributed by atoms with Gasteiger partial charge in [-0.25, -0.2) is 26.9 Å². The van der Waals surface area contributed by atoms with Gasteiger partial charge in [-0.15, -0.1) is 11.3 Å². The van der Waals surface area contributed by atoms with E-state index in [-0.39, 0.29) is 36.0 Å². The van der Waals surface area contributed by atoms with Crippen LogP contribution in [0.2, 0.25) is 0 Å². The smallest absolute Gasteiger partial charge is 0.243 e. The Hall–Kier alpha value is -3.54. The van der Waals surface area contributed by atoms with Crippen LogP contribution < -0.4 is 0 Å². The molecule has 0 unspecified atom stereocenters. The van der Waals surface area contributed by atoms with Gasteiger partial charge in [0.05, 0.1) is 27.9 Å². The fraction of sp³-hybridized carbons (Fsp3) is 0.192. The lowest BCUT2D eigenvalue weighted by atomic mass is 9.66. The normalized spacial score (nSPS) is 19.7. The molecule has 4 aromatic rings. The lowest BCUT2D eigenvalue weighted by Gasteiger charge is -2.44. The summed E-state index contributed by atoms with van der Waals surface area (Å²) in [6.45, 7) is 0.0366. The fourth-order valence-electron chi connectivity index (χ4n) is 5.13. The van der Waals surface area contributed by atoms with Gasteiger partial charge in [0.2, 0.25) is 15.8 Å². The van der Waals surface area contributed by atoms with E-state index in [0.717, 1.165) is 22.9 Å². The van der Waals surface area contributed by atoms with E-state index in [1.54, 1.807) is 34.6 Å². The highest BCUT2D eigenvalue weighted by molar-refractivity contribution is 7.89. The van der Waals surface area contributed by atoms with E-state index < -0.39 is 21.3 Å². The van der Waals surface area contributed by atoms with Gasteiger partial charge in [0.15, 0.2) is 5.01 Å². The zero-order chi connectivity index (χ0) is 25.8. The van der Waals surface area contributed by atoms with E-state index in [9.17, 15) is 22.0 Å². The summed E-state index contributed by atoms with van der Waals surface area (Å²) in [5, 5.41) is 6.49. The number of hydrogen-bond acceptors (Lipinski definition) is 6. The molecule has 0 radical (unpaired) electrons. The molecule has 2 aromatic heterocycles. The van der Waals surface area contributed by atoms with E-state index in [4.69, 9.17) is 0 Å². The molecule has 0 N–H and O–H groups in total. The van der Waals surface area contributed by atoms with Crippen LogP contribution in [0.3, 0.4) is 0 Å². The molecule has 1 atom stereocenters. The lowest BCUT2D eigenvalue weighted by Crippen LogP contribution is -2.53. The molecule has 37 heavy (non-hydrogen) atoms. The molecule has 1 aliphatic carbocycles. The van der Waals surface area contributed by atoms with Crippen LogP contribution >= 0.6 is 11.3 Å². The molecular formula is C26H20F2N4O3S2. The Morgan fingerprint density at radius 2 is 1.89 bits per heavy atom. The summed E-state index contributed by atoms with van der Waals surface area (Å²) in [5.74, 6) is -1.26. The van der Waals surface area contributed by atoms with Crippen molar-refractivity contribution in [3.05, 3.63) is 99.8 Å². The van der Waals surface area contributed by atoms with Crippen molar-refractivity contribution in [2.24, 2.45) is 5.41 Å². The molecule has 3 heterocycles. The molecule has 11 heteroatoms. The first kappa shape index (κ1) is 23.8. The van der Waals surface area contributed by atoms with E-state index in [2.05, 4.69) is 10.1 Å². The van der Waals surface area contributed by atoms with Gasteiger partial charge in [0.25, 0.3) is 0 Å². The average Bonchev–Trinajstić information content (AvgIpc) is 3.57. The molecule has 1 saturated heterocycles. The number of hydrogen-bond donors (Lipinski definition) is 0. The standard InChI is InChI=1S/C26H20F2N4O3S2/c27-19-4-6-21(7-5-19)32-23-12-18-8-10-31(37(34,35)22-3-1-2-20(28)13-22)16-26(18,14-17(23)15-30-32)24(33)25-29-9-11-36-25/h1-7,9,11-13,15H,8,10,14,16H2/t26-/m0/s1. The van der Waals surface area contributed by atoms with E-state index >= 15 is 0 Å². The second kappa shape index (κ2) is 8.79. The van der Waals surface area contributed by atoms with Crippen LogP contribution in [0.4, 0.5) is 8.78 Å². The maximum absolute atomic E-state index is 14.0. The Labute approximate surface area is 215 Å². The van der Waals surface area contributed by atoms with Crippen LogP contribution in [0, 0.1) is 17.0 Å². The predicted molar refractivity (Wildman–Crippen MR) is 134 cm³/mol. The number of halogens is 2. The highest BCUT2D eigenvalue weighted by atomic mass is 32.2. The van der Waals surface area contributed by atoms with Crippen molar-refractivity contribution in [1.29, 1.82) is 0 Å². The van der Waals surface area contributed by atoms with E-state index in [1.165, 1.54) is 46.0 Å². The fourth-order valence-corrected chi connectivity index (χ4v) is 7.33. The molecule has 2 aliphatic rings. The highest BCUT2D eigenvalue weighted by Gasteiger charge is 2.51. The number of piperidine rings is 1. The van der Waals surface area contributed by atoms with Gasteiger partial charge in [-0.2, -0.15) is 9.40 Å². The number of Topliss-reactive ketones (excluding diaryl/α,β-unsaturated/α-hetero) is 1. The summed E-state index contributed by atoms with van der Waals surface area (Å²) in [6.07, 6.45) is 5.63. The number of thiazole rings is 1. The number of benzene rings is 2. The van der Waals surface area contributed by atoms with Crippen LogP contribution in [0.1, 0.15) is 27.5 Å². The van der Waals surface area contributed by atoms with Crippen molar-refractivity contribution >= 4 is 33.2 Å². The molecular weight excluding hydrogens is 518 g/mol. The van der Waals surface area contributed by atoms with Crippen molar-refractivity contribution < 1.29 is 22.0 Å². The first-order valence-corrected chi connectivity index (χ1v) is 13.8. The quantitative estimate of drug-likeness (QED) is 0.349. The highest BCUT2D eigenvalue weighted by Crippen LogP contribution is 2.47. The van der Waals surface area contributed by atoms with Gasteiger partial charge in [0, 0.05) is 24.7 Å². The zero-order valence-electron chi connectivity index (χ0n) is 19.3. The third-order valence-corrected chi connectivity index (χ3v) is 9.56. The van der Waals surface area contributed by atoms with Crippen LogP contribution in [0.25, 0.3) is 11.8 Å². The minimum atomic E-state index is -4.05. The molecule has 0 bridgehead atoms. The first-order valence-electron chi connectivity index (χ1n) is 11.5. The average molecular weight is 539 g/mol. The monoisotopic (exact) mass is 538 g/mol. The van der Waals surface area contributed by atoms with E-state index in [0.29, 0.717) is 17.1 Å². The van der Waals surface area contributed by atoms with Crippen molar-refractivity contribution in [3.8, 4) is 5.69 Å². The Bertz CT molecular complexity index is 1650. The summed E-state index contributed by atoms with van der Waals surface area (Å²) in [7, 11) is -4.05. The lowest BCUT2D eigenvalue weighted by molar-refractivity contribution is 0.0775. The number of carbonyl (C=O) groups is 1. The summed E-state index contributed by atoms with van der Waals surface area (Å²) < 4.78 is 57.3. The molecule has 0 amide bonds. The number of fused-ring (bicyclic) bond motifs is 2. The second-order valence-corrected chi connectivity index (χ2v) is 11.9. The SMILES string of the molecule is O=C(c1nccs1)[C@]12Cc3cnn(-c4ccc(F)cc4)c3C=C1CCN(S(=O)(=O)c1cccc(F)c1)C2. The van der Waals surface area contributed by atoms with Gasteiger partial charge in [-0.3, -0.25) is 4.79 Å². The largest absolute Gasteiger partial charge is 0.290 e. The van der Waals surface area contributed by atoms with E-state index in [1.807, 2.05) is 6.08 Å². The maximum Gasteiger partial charge on any atom is 0.243 e. The van der Waals surface area contributed by atoms with Crippen LogP contribution in [0.15, 0.2) is 76.8 Å². The number of sulfonamides is 1. The van der Waals surface area contributed by atoms with Crippen molar-refractivity contribution in [1.82, 2.24) is 19.1 Å². The summed E-state index contributed by atoms with van der Waals surface area (Å²) in [6, 6.07) is 10.8. The third-order valence-electron chi connectivity index (χ3n) is 6.95. The number of aromatic nitrogens is 3. The molecule has 0 saturated carbocycles. The molecule has 0 spiro atoms. The predicted octanol–water partition coefficient (Wildman–Crippen LogP) is 4.51. The Morgan fingerprint density at radius 3 is 2.62 bits per heavy atom. The van der Waals surface area contributed by atoms with Gasteiger partial charge in [0.1, 0.15) is 11.6 Å². The third kappa shape index (κ3) is 3.94. The molecule has 1 aliphatic heterocycles. The zero-order valence-corrected chi connectivity index (χ0v) is 21.0. The molecule has 7 nitrogen and oxygen atoms in total. The summed E-state index contributed by atoms with van der Waals surface area (Å²) in [5.41, 5.74) is 1.81. The van der Waals surface area contributed by atoms with Crippen LogP contribution in [-0.4, -0.2) is 46.4 Å². The Morgan fingerprint density at radius 1 is 1.08 bits per heavy atom. The van der Waals surface area contributed by atoms with Crippen LogP contribution in [-0.2, 0) is 16.4 Å². The number of ketones is 1. The first-order chi connectivity index (χ1) is 17.8. The summed E-state index contributed by atoms with van der Waals surface area (Å²) in [4.78, 5) is 18.0. The minimum absolute atomic E-state index is 0.0999.